The topological polar surface area (TPSA) is 27.0 Å². The van der Waals surface area contributed by atoms with Crippen LogP contribution in [0.5, 0.6) is 0 Å². The van der Waals surface area contributed by atoms with Gasteiger partial charge in [-0.05, 0) is 36.5 Å². The zero-order chi connectivity index (χ0) is 12.4. The summed E-state index contributed by atoms with van der Waals surface area (Å²) in [6, 6.07) is 6.57. The molecule has 2 unspecified atom stereocenters. The van der Waals surface area contributed by atoms with Crippen molar-refractivity contribution in [2.45, 2.75) is 20.3 Å². The Morgan fingerprint density at radius 1 is 1.24 bits per heavy atom. The molecule has 1 aliphatic rings. The first kappa shape index (κ1) is 11.9. The second kappa shape index (κ2) is 4.75. The van der Waals surface area contributed by atoms with Gasteiger partial charge in [-0.1, -0.05) is 13.8 Å². The van der Waals surface area contributed by atoms with Gasteiger partial charge in [0, 0.05) is 18.8 Å². The molecule has 0 amide bonds. The molecule has 1 aliphatic heterocycles. The fourth-order valence-corrected chi connectivity index (χ4v) is 2.70. The quantitative estimate of drug-likeness (QED) is 0.743. The van der Waals surface area contributed by atoms with Crippen molar-refractivity contribution in [2.75, 3.05) is 18.0 Å². The third kappa shape index (κ3) is 2.76. The van der Waals surface area contributed by atoms with Crippen LogP contribution < -0.4 is 4.90 Å². The summed E-state index contributed by atoms with van der Waals surface area (Å²) in [7, 11) is 0. The summed E-state index contributed by atoms with van der Waals surface area (Å²) in [5, 5.41) is 8.85. The van der Waals surface area contributed by atoms with E-state index in [9.17, 15) is 4.39 Å². The fourth-order valence-electron chi connectivity index (χ4n) is 2.70. The molecule has 0 bridgehead atoms. The van der Waals surface area contributed by atoms with Gasteiger partial charge in [-0.2, -0.15) is 5.26 Å². The number of benzene rings is 1. The summed E-state index contributed by atoms with van der Waals surface area (Å²) in [6.07, 6.45) is 1.22. The average Bonchev–Trinajstić information content (AvgIpc) is 2.26. The van der Waals surface area contributed by atoms with Gasteiger partial charge in [0.05, 0.1) is 11.6 Å². The Labute approximate surface area is 102 Å². The molecule has 1 aromatic rings. The van der Waals surface area contributed by atoms with Crippen molar-refractivity contribution in [3.05, 3.63) is 29.6 Å². The van der Waals surface area contributed by atoms with E-state index in [4.69, 9.17) is 5.26 Å². The maximum absolute atomic E-state index is 13.4. The second-order valence-electron chi connectivity index (χ2n) is 5.16. The molecule has 1 aromatic carbocycles. The standard InChI is InChI=1S/C14H17FN2/c1-10-3-11(2)9-17(8-10)14-5-12(7-16)4-13(15)6-14/h4-6,10-11H,3,8-9H2,1-2H3. The average molecular weight is 232 g/mol. The SMILES string of the molecule is CC1CC(C)CN(c2cc(F)cc(C#N)c2)C1. The molecule has 1 saturated heterocycles. The number of rotatable bonds is 1. The molecule has 0 N–H and O–H groups in total. The summed E-state index contributed by atoms with van der Waals surface area (Å²) >= 11 is 0. The highest BCUT2D eigenvalue weighted by Gasteiger charge is 2.22. The first-order valence-corrected chi connectivity index (χ1v) is 6.04. The van der Waals surface area contributed by atoms with Crippen LogP contribution in [-0.4, -0.2) is 13.1 Å². The van der Waals surface area contributed by atoms with Gasteiger partial charge in [-0.25, -0.2) is 4.39 Å². The molecule has 2 atom stereocenters. The number of nitrogens with zero attached hydrogens (tertiary/aromatic N) is 2. The van der Waals surface area contributed by atoms with Crippen molar-refractivity contribution < 1.29 is 4.39 Å². The van der Waals surface area contributed by atoms with Crippen LogP contribution in [0.25, 0.3) is 0 Å². The van der Waals surface area contributed by atoms with E-state index in [0.717, 1.165) is 18.8 Å². The molecule has 0 aliphatic carbocycles. The predicted octanol–water partition coefficient (Wildman–Crippen LogP) is 3.18. The van der Waals surface area contributed by atoms with Gasteiger partial charge in [0.2, 0.25) is 0 Å². The first-order chi connectivity index (χ1) is 8.08. The third-order valence-electron chi connectivity index (χ3n) is 3.25. The molecule has 1 fully saturated rings. The van der Waals surface area contributed by atoms with Gasteiger partial charge >= 0.3 is 0 Å². The van der Waals surface area contributed by atoms with Gasteiger partial charge in [0.1, 0.15) is 5.82 Å². The lowest BCUT2D eigenvalue weighted by molar-refractivity contribution is 0.356. The van der Waals surface area contributed by atoms with Crippen LogP contribution in [0.2, 0.25) is 0 Å². The summed E-state index contributed by atoms with van der Waals surface area (Å²) in [5.74, 6) is 0.907. The molecular weight excluding hydrogens is 215 g/mol. The first-order valence-electron chi connectivity index (χ1n) is 6.04. The molecule has 1 heterocycles. The minimum atomic E-state index is -0.329. The number of piperidine rings is 1. The summed E-state index contributed by atoms with van der Waals surface area (Å²) < 4.78 is 13.4. The van der Waals surface area contributed by atoms with Crippen molar-refractivity contribution in [3.63, 3.8) is 0 Å². The number of hydrogen-bond acceptors (Lipinski definition) is 2. The van der Waals surface area contributed by atoms with E-state index in [-0.39, 0.29) is 5.82 Å². The Morgan fingerprint density at radius 3 is 2.47 bits per heavy atom. The van der Waals surface area contributed by atoms with Crippen LogP contribution in [0.4, 0.5) is 10.1 Å². The molecule has 2 rings (SSSR count). The smallest absolute Gasteiger partial charge is 0.126 e. The lowest BCUT2D eigenvalue weighted by Crippen LogP contribution is -2.38. The van der Waals surface area contributed by atoms with Crippen LogP contribution in [0.15, 0.2) is 18.2 Å². The van der Waals surface area contributed by atoms with Crippen LogP contribution in [0.3, 0.4) is 0 Å². The van der Waals surface area contributed by atoms with Crippen LogP contribution >= 0.6 is 0 Å². The Bertz CT molecular complexity index is 440. The van der Waals surface area contributed by atoms with Crippen molar-refractivity contribution >= 4 is 5.69 Å². The van der Waals surface area contributed by atoms with Crippen molar-refractivity contribution in [3.8, 4) is 6.07 Å². The van der Waals surface area contributed by atoms with Crippen molar-refractivity contribution in [1.82, 2.24) is 0 Å². The maximum atomic E-state index is 13.4. The Kier molecular flexibility index (Phi) is 3.33. The van der Waals surface area contributed by atoms with Gasteiger partial charge in [0.15, 0.2) is 0 Å². The van der Waals surface area contributed by atoms with Gasteiger partial charge in [-0.3, -0.25) is 0 Å². The minimum Gasteiger partial charge on any atom is -0.371 e. The Balaban J connectivity index is 2.27. The van der Waals surface area contributed by atoms with Crippen molar-refractivity contribution in [1.29, 1.82) is 5.26 Å². The zero-order valence-corrected chi connectivity index (χ0v) is 10.3. The number of halogens is 1. The molecule has 0 aromatic heterocycles. The maximum Gasteiger partial charge on any atom is 0.126 e. The van der Waals surface area contributed by atoms with E-state index in [0.29, 0.717) is 17.4 Å². The van der Waals surface area contributed by atoms with Crippen LogP contribution in [-0.2, 0) is 0 Å². The number of anilines is 1. The van der Waals surface area contributed by atoms with E-state index in [1.54, 1.807) is 6.07 Å². The monoisotopic (exact) mass is 232 g/mol. The van der Waals surface area contributed by atoms with Crippen LogP contribution in [0, 0.1) is 29.0 Å². The summed E-state index contributed by atoms with van der Waals surface area (Å²) in [4.78, 5) is 2.18. The van der Waals surface area contributed by atoms with Crippen molar-refractivity contribution in [2.24, 2.45) is 11.8 Å². The molecule has 2 nitrogen and oxygen atoms in total. The lowest BCUT2D eigenvalue weighted by atomic mass is 9.91. The highest BCUT2D eigenvalue weighted by molar-refractivity contribution is 5.52. The number of nitriles is 1. The molecule has 17 heavy (non-hydrogen) atoms. The highest BCUT2D eigenvalue weighted by Crippen LogP contribution is 2.27. The van der Waals surface area contributed by atoms with E-state index >= 15 is 0 Å². The third-order valence-corrected chi connectivity index (χ3v) is 3.25. The highest BCUT2D eigenvalue weighted by atomic mass is 19.1. The molecule has 0 saturated carbocycles. The Hall–Kier alpha value is -1.56. The number of hydrogen-bond donors (Lipinski definition) is 0. The van der Waals surface area contributed by atoms with E-state index < -0.39 is 0 Å². The van der Waals surface area contributed by atoms with E-state index in [1.165, 1.54) is 18.6 Å². The van der Waals surface area contributed by atoms with Crippen LogP contribution in [0.1, 0.15) is 25.8 Å². The molecule has 0 radical (unpaired) electrons. The van der Waals surface area contributed by atoms with E-state index in [2.05, 4.69) is 18.7 Å². The predicted molar refractivity (Wildman–Crippen MR) is 66.3 cm³/mol. The summed E-state index contributed by atoms with van der Waals surface area (Å²) in [5.41, 5.74) is 1.23. The van der Waals surface area contributed by atoms with Gasteiger partial charge in [0.25, 0.3) is 0 Å². The molecule has 0 spiro atoms. The van der Waals surface area contributed by atoms with Gasteiger partial charge in [-0.15, -0.1) is 0 Å². The van der Waals surface area contributed by atoms with Gasteiger partial charge < -0.3 is 4.90 Å². The molecule has 3 heteroatoms. The normalized spacial score (nSPS) is 24.5. The zero-order valence-electron chi connectivity index (χ0n) is 10.3. The molecule has 90 valence electrons. The second-order valence-corrected chi connectivity index (χ2v) is 5.16. The van der Waals surface area contributed by atoms with E-state index in [1.807, 2.05) is 6.07 Å². The lowest BCUT2D eigenvalue weighted by Gasteiger charge is -2.36. The Morgan fingerprint density at radius 2 is 1.88 bits per heavy atom. The molecular formula is C14H17FN2. The fraction of sp³-hybridized carbons (Fsp3) is 0.500. The largest absolute Gasteiger partial charge is 0.371 e. The minimum absolute atomic E-state index is 0.329. The summed E-state index contributed by atoms with van der Waals surface area (Å²) in [6.45, 7) is 6.32.